The number of aromatic nitrogens is 2. The van der Waals surface area contributed by atoms with E-state index in [0.717, 1.165) is 31.7 Å². The van der Waals surface area contributed by atoms with Gasteiger partial charge in [0.25, 0.3) is 11.8 Å². The summed E-state index contributed by atoms with van der Waals surface area (Å²) in [5, 5.41) is 16.2. The van der Waals surface area contributed by atoms with Crippen molar-refractivity contribution < 1.29 is 14.4 Å². The maximum atomic E-state index is 12.1. The zero-order valence-corrected chi connectivity index (χ0v) is 16.3. The minimum Gasteiger partial charge on any atom is -0.355 e. The van der Waals surface area contributed by atoms with Gasteiger partial charge in [-0.3, -0.25) is 14.4 Å². The molecule has 0 saturated carbocycles. The summed E-state index contributed by atoms with van der Waals surface area (Å²) in [4.78, 5) is 37.4. The van der Waals surface area contributed by atoms with Gasteiger partial charge in [0, 0.05) is 44.4 Å². The molecule has 0 atom stereocenters. The van der Waals surface area contributed by atoms with Crippen molar-refractivity contribution in [2.75, 3.05) is 36.4 Å². The lowest BCUT2D eigenvalue weighted by Crippen LogP contribution is -2.35. The molecule has 2 heterocycles. The van der Waals surface area contributed by atoms with Crippen molar-refractivity contribution in [2.45, 2.75) is 19.8 Å². The molecule has 3 amide bonds. The fraction of sp³-hybridized carbons (Fsp3) is 0.350. The van der Waals surface area contributed by atoms with Crippen molar-refractivity contribution in [1.82, 2.24) is 20.8 Å². The highest BCUT2D eigenvalue weighted by molar-refractivity contribution is 5.95. The normalized spacial score (nSPS) is 13.1. The number of anilines is 2. The summed E-state index contributed by atoms with van der Waals surface area (Å²) >= 11 is 0. The zero-order valence-electron chi connectivity index (χ0n) is 16.3. The van der Waals surface area contributed by atoms with Crippen LogP contribution in [0, 0.1) is 0 Å². The molecule has 1 aliphatic rings. The molecule has 0 bridgehead atoms. The maximum Gasteiger partial charge on any atom is 0.271 e. The van der Waals surface area contributed by atoms with Gasteiger partial charge in [0.15, 0.2) is 11.5 Å². The first-order valence-electron chi connectivity index (χ1n) is 9.55. The van der Waals surface area contributed by atoms with Crippen LogP contribution < -0.4 is 20.9 Å². The predicted molar refractivity (Wildman–Crippen MR) is 109 cm³/mol. The first kappa shape index (κ1) is 20.2. The highest BCUT2D eigenvalue weighted by Crippen LogP contribution is 2.16. The molecule has 9 heteroatoms. The van der Waals surface area contributed by atoms with Crippen LogP contribution in [0.5, 0.6) is 0 Å². The van der Waals surface area contributed by atoms with Crippen molar-refractivity contribution in [1.29, 1.82) is 0 Å². The van der Waals surface area contributed by atoms with E-state index in [1.54, 1.807) is 36.4 Å². The Morgan fingerprint density at radius 2 is 1.55 bits per heavy atom. The van der Waals surface area contributed by atoms with Crippen LogP contribution in [-0.2, 0) is 4.79 Å². The van der Waals surface area contributed by atoms with E-state index in [4.69, 9.17) is 0 Å². The number of nitrogens with one attached hydrogen (secondary N) is 3. The van der Waals surface area contributed by atoms with Crippen LogP contribution in [0.15, 0.2) is 36.4 Å². The summed E-state index contributed by atoms with van der Waals surface area (Å²) in [5.41, 5.74) is 1.33. The van der Waals surface area contributed by atoms with Crippen molar-refractivity contribution in [3.05, 3.63) is 47.7 Å². The summed E-state index contributed by atoms with van der Waals surface area (Å²) in [6.07, 6.45) is 2.30. The zero-order chi connectivity index (χ0) is 20.6. The molecule has 29 heavy (non-hydrogen) atoms. The lowest BCUT2D eigenvalue weighted by Gasteiger charge is -2.15. The molecule has 1 saturated heterocycles. The Bertz CT molecular complexity index is 861. The molecule has 0 unspecified atom stereocenters. The Kier molecular flexibility index (Phi) is 6.72. The van der Waals surface area contributed by atoms with E-state index in [-0.39, 0.29) is 36.5 Å². The molecular formula is C20H24N6O3. The Hall–Kier alpha value is -3.49. The molecule has 0 aliphatic carbocycles. The number of benzene rings is 1. The number of hydrogen-bond donors (Lipinski definition) is 3. The molecule has 9 nitrogen and oxygen atoms in total. The van der Waals surface area contributed by atoms with Crippen LogP contribution >= 0.6 is 0 Å². The summed E-state index contributed by atoms with van der Waals surface area (Å²) < 4.78 is 0. The summed E-state index contributed by atoms with van der Waals surface area (Å²) in [6.45, 7) is 3.90. The summed E-state index contributed by atoms with van der Waals surface area (Å²) in [6, 6.07) is 10.0. The standard InChI is InChI=1S/C20H24N6O3/c1-14(27)23-16-6-4-15(5-7-16)19(28)21-10-11-22-20(29)17-8-9-18(25-24-17)26-12-2-3-13-26/h4-9H,2-3,10-13H2,1H3,(H,21,28)(H,22,29)(H,23,27). The number of amides is 3. The number of carbonyl (C=O) groups excluding carboxylic acids is 3. The molecule has 3 rings (SSSR count). The molecule has 2 aromatic rings. The highest BCUT2D eigenvalue weighted by Gasteiger charge is 2.15. The largest absolute Gasteiger partial charge is 0.355 e. The van der Waals surface area contributed by atoms with Gasteiger partial charge in [-0.15, -0.1) is 10.2 Å². The molecule has 1 fully saturated rings. The van der Waals surface area contributed by atoms with Gasteiger partial charge in [-0.25, -0.2) is 0 Å². The highest BCUT2D eigenvalue weighted by atomic mass is 16.2. The van der Waals surface area contributed by atoms with Crippen molar-refractivity contribution >= 4 is 29.2 Å². The summed E-state index contributed by atoms with van der Waals surface area (Å²) in [7, 11) is 0. The fourth-order valence-electron chi connectivity index (χ4n) is 3.01. The Balaban J connectivity index is 1.40. The van der Waals surface area contributed by atoms with Crippen LogP contribution in [0.1, 0.15) is 40.6 Å². The van der Waals surface area contributed by atoms with Crippen LogP contribution in [0.4, 0.5) is 11.5 Å². The van der Waals surface area contributed by atoms with Gasteiger partial charge in [-0.05, 0) is 49.2 Å². The molecule has 1 aromatic heterocycles. The molecule has 3 N–H and O–H groups in total. The Morgan fingerprint density at radius 3 is 2.14 bits per heavy atom. The smallest absolute Gasteiger partial charge is 0.271 e. The van der Waals surface area contributed by atoms with Gasteiger partial charge in [0.2, 0.25) is 5.91 Å². The van der Waals surface area contributed by atoms with E-state index in [0.29, 0.717) is 11.3 Å². The van der Waals surface area contributed by atoms with Gasteiger partial charge < -0.3 is 20.9 Å². The molecule has 1 aromatic carbocycles. The maximum absolute atomic E-state index is 12.1. The van der Waals surface area contributed by atoms with E-state index in [1.165, 1.54) is 6.92 Å². The summed E-state index contributed by atoms with van der Waals surface area (Å²) in [5.74, 6) is 0.0203. The average Bonchev–Trinajstić information content (AvgIpc) is 3.26. The van der Waals surface area contributed by atoms with E-state index in [2.05, 4.69) is 31.0 Å². The topological polar surface area (TPSA) is 116 Å². The van der Waals surface area contributed by atoms with Crippen LogP contribution in [0.2, 0.25) is 0 Å². The van der Waals surface area contributed by atoms with E-state index < -0.39 is 0 Å². The van der Waals surface area contributed by atoms with Crippen LogP contribution in [-0.4, -0.2) is 54.1 Å². The third-order valence-corrected chi connectivity index (χ3v) is 4.48. The molecular weight excluding hydrogens is 372 g/mol. The number of carbonyl (C=O) groups is 3. The van der Waals surface area contributed by atoms with Crippen molar-refractivity contribution in [3.8, 4) is 0 Å². The van der Waals surface area contributed by atoms with E-state index >= 15 is 0 Å². The lowest BCUT2D eigenvalue weighted by molar-refractivity contribution is -0.114. The van der Waals surface area contributed by atoms with E-state index in [9.17, 15) is 14.4 Å². The SMILES string of the molecule is CC(=O)Nc1ccc(C(=O)NCCNC(=O)c2ccc(N3CCCC3)nn2)cc1. The van der Waals surface area contributed by atoms with Crippen LogP contribution in [0.25, 0.3) is 0 Å². The van der Waals surface area contributed by atoms with Gasteiger partial charge in [0.05, 0.1) is 0 Å². The molecule has 0 spiro atoms. The second-order valence-electron chi connectivity index (χ2n) is 6.74. The van der Waals surface area contributed by atoms with Gasteiger partial charge in [-0.2, -0.15) is 0 Å². The minimum absolute atomic E-state index is 0.173. The van der Waals surface area contributed by atoms with Crippen molar-refractivity contribution in [2.24, 2.45) is 0 Å². The van der Waals surface area contributed by atoms with Gasteiger partial charge >= 0.3 is 0 Å². The first-order valence-corrected chi connectivity index (χ1v) is 9.55. The molecule has 152 valence electrons. The van der Waals surface area contributed by atoms with E-state index in [1.807, 2.05) is 0 Å². The predicted octanol–water partition coefficient (Wildman–Crippen LogP) is 1.19. The van der Waals surface area contributed by atoms with Crippen LogP contribution in [0.3, 0.4) is 0 Å². The fourth-order valence-corrected chi connectivity index (χ4v) is 3.01. The van der Waals surface area contributed by atoms with Gasteiger partial charge in [0.1, 0.15) is 0 Å². The molecule has 1 aliphatic heterocycles. The monoisotopic (exact) mass is 396 g/mol. The third kappa shape index (κ3) is 5.74. The quantitative estimate of drug-likeness (QED) is 0.606. The Labute approximate surface area is 168 Å². The number of rotatable bonds is 7. The minimum atomic E-state index is -0.334. The second kappa shape index (κ2) is 9.63. The first-order chi connectivity index (χ1) is 14.0. The Morgan fingerprint density at radius 1 is 0.897 bits per heavy atom. The third-order valence-electron chi connectivity index (χ3n) is 4.48. The number of nitrogens with zero attached hydrogens (tertiary/aromatic N) is 3. The second-order valence-corrected chi connectivity index (χ2v) is 6.74. The molecule has 0 radical (unpaired) electrons. The average molecular weight is 396 g/mol. The van der Waals surface area contributed by atoms with Crippen molar-refractivity contribution in [3.63, 3.8) is 0 Å². The van der Waals surface area contributed by atoms with Gasteiger partial charge in [-0.1, -0.05) is 0 Å². The lowest BCUT2D eigenvalue weighted by atomic mass is 10.2. The number of hydrogen-bond acceptors (Lipinski definition) is 6.